The highest BCUT2D eigenvalue weighted by Crippen LogP contribution is 2.33. The Kier molecular flexibility index (Phi) is 6.22. The van der Waals surface area contributed by atoms with E-state index >= 15 is 0 Å². The van der Waals surface area contributed by atoms with Gasteiger partial charge in [0.15, 0.2) is 0 Å². The lowest BCUT2D eigenvalue weighted by Crippen LogP contribution is -2.36. The van der Waals surface area contributed by atoms with E-state index in [9.17, 15) is 19.7 Å². The molecule has 0 radical (unpaired) electrons. The van der Waals surface area contributed by atoms with Crippen molar-refractivity contribution in [3.05, 3.63) is 44.8 Å². The van der Waals surface area contributed by atoms with E-state index in [-0.39, 0.29) is 22.7 Å². The summed E-state index contributed by atoms with van der Waals surface area (Å²) in [6.45, 7) is -0.215. The number of ether oxygens (including phenoxy) is 1. The van der Waals surface area contributed by atoms with Crippen LogP contribution in [0.4, 0.5) is 5.69 Å². The maximum atomic E-state index is 12.6. The second kappa shape index (κ2) is 8.62. The minimum absolute atomic E-state index is 0.0599. The number of hydrogen-bond acceptors (Lipinski definition) is 7. The zero-order valence-corrected chi connectivity index (χ0v) is 16.1. The van der Waals surface area contributed by atoms with Gasteiger partial charge in [0, 0.05) is 12.1 Å². The fourth-order valence-electron chi connectivity index (χ4n) is 3.05. The van der Waals surface area contributed by atoms with Crippen LogP contribution in [0, 0.1) is 10.1 Å². The number of amides is 1. The Labute approximate surface area is 165 Å². The van der Waals surface area contributed by atoms with Crippen molar-refractivity contribution in [2.45, 2.75) is 38.2 Å². The molecular weight excluding hydrogens is 388 g/mol. The van der Waals surface area contributed by atoms with Gasteiger partial charge < -0.3 is 4.74 Å². The molecule has 0 atom stereocenters. The predicted octanol–water partition coefficient (Wildman–Crippen LogP) is 3.67. The average Bonchev–Trinajstić information content (AvgIpc) is 2.90. The summed E-state index contributed by atoms with van der Waals surface area (Å²) in [6.07, 6.45) is 6.43. The number of thiocarbonyl (C=S) groups is 1. The molecule has 0 bridgehead atoms. The first kappa shape index (κ1) is 19.5. The molecule has 27 heavy (non-hydrogen) atoms. The van der Waals surface area contributed by atoms with Gasteiger partial charge in [0.25, 0.3) is 11.6 Å². The minimum atomic E-state index is -0.496. The molecule has 7 nitrogen and oxygen atoms in total. The topological polar surface area (TPSA) is 89.8 Å². The molecule has 9 heteroatoms. The highest BCUT2D eigenvalue weighted by atomic mass is 32.2. The summed E-state index contributed by atoms with van der Waals surface area (Å²) < 4.78 is 5.72. The van der Waals surface area contributed by atoms with Crippen LogP contribution in [0.1, 0.15) is 37.7 Å². The first-order valence-electron chi connectivity index (χ1n) is 8.63. The smallest absolute Gasteiger partial charge is 0.326 e. The number of esters is 1. The number of thioether (sulfide) groups is 1. The van der Waals surface area contributed by atoms with E-state index in [1.54, 1.807) is 18.2 Å². The second-order valence-corrected chi connectivity index (χ2v) is 8.05. The van der Waals surface area contributed by atoms with Crippen LogP contribution in [-0.2, 0) is 14.3 Å². The second-order valence-electron chi connectivity index (χ2n) is 6.37. The van der Waals surface area contributed by atoms with E-state index in [2.05, 4.69) is 0 Å². The maximum Gasteiger partial charge on any atom is 0.326 e. The van der Waals surface area contributed by atoms with Crippen LogP contribution in [0.15, 0.2) is 29.2 Å². The molecule has 1 aromatic carbocycles. The summed E-state index contributed by atoms with van der Waals surface area (Å²) in [6, 6.07) is 5.97. The molecule has 2 aliphatic rings. The number of hydrogen-bond donors (Lipinski definition) is 0. The van der Waals surface area contributed by atoms with Gasteiger partial charge in [0.05, 0.1) is 9.83 Å². The third-order valence-electron chi connectivity index (χ3n) is 4.39. The molecule has 0 aromatic heterocycles. The van der Waals surface area contributed by atoms with Gasteiger partial charge in [0.1, 0.15) is 17.0 Å². The Morgan fingerprint density at radius 1 is 1.37 bits per heavy atom. The Hall–Kier alpha value is -2.26. The van der Waals surface area contributed by atoms with Gasteiger partial charge in [0.2, 0.25) is 0 Å². The fraction of sp³-hybridized carbons (Fsp3) is 0.389. The molecule has 1 aliphatic carbocycles. The van der Waals surface area contributed by atoms with E-state index in [1.165, 1.54) is 17.0 Å². The third kappa shape index (κ3) is 4.92. The van der Waals surface area contributed by atoms with E-state index < -0.39 is 16.8 Å². The molecule has 1 saturated heterocycles. The summed E-state index contributed by atoms with van der Waals surface area (Å²) in [5, 5.41) is 10.9. The molecular formula is C18H18N2O5S2. The van der Waals surface area contributed by atoms with Crippen molar-refractivity contribution in [1.29, 1.82) is 0 Å². The van der Waals surface area contributed by atoms with Crippen LogP contribution >= 0.6 is 24.0 Å². The summed E-state index contributed by atoms with van der Waals surface area (Å²) in [5.41, 5.74) is 0.463. The molecule has 0 spiro atoms. The monoisotopic (exact) mass is 406 g/mol. The number of non-ortho nitro benzene ring substituents is 1. The van der Waals surface area contributed by atoms with Crippen LogP contribution in [0.25, 0.3) is 6.08 Å². The van der Waals surface area contributed by atoms with E-state index in [4.69, 9.17) is 17.0 Å². The SMILES string of the molecule is O=C(CN1C(=O)/C(=C/c2cccc([N+](=O)[O-])c2)SC1=S)OC1CCCCC1. The van der Waals surface area contributed by atoms with Gasteiger partial charge in [-0.3, -0.25) is 24.6 Å². The molecule has 1 heterocycles. The lowest BCUT2D eigenvalue weighted by molar-refractivity contribution is -0.384. The highest BCUT2D eigenvalue weighted by Gasteiger charge is 2.34. The van der Waals surface area contributed by atoms with Gasteiger partial charge >= 0.3 is 5.97 Å². The van der Waals surface area contributed by atoms with Crippen molar-refractivity contribution in [2.24, 2.45) is 0 Å². The summed E-state index contributed by atoms with van der Waals surface area (Å²) in [7, 11) is 0. The van der Waals surface area contributed by atoms with Crippen molar-refractivity contribution in [2.75, 3.05) is 6.54 Å². The average molecular weight is 406 g/mol. The van der Waals surface area contributed by atoms with Gasteiger partial charge in [-0.1, -0.05) is 42.5 Å². The quantitative estimate of drug-likeness (QED) is 0.242. The number of carbonyl (C=O) groups is 2. The van der Waals surface area contributed by atoms with Crippen LogP contribution < -0.4 is 0 Å². The summed E-state index contributed by atoms with van der Waals surface area (Å²) in [5.74, 6) is -0.855. The summed E-state index contributed by atoms with van der Waals surface area (Å²) in [4.78, 5) is 36.7. The molecule has 1 aliphatic heterocycles. The number of nitro groups is 1. The standard InChI is InChI=1S/C18H18N2O5S2/c21-16(25-14-7-2-1-3-8-14)11-19-17(22)15(27-18(19)26)10-12-5-4-6-13(9-12)20(23)24/h4-6,9-10,14H,1-3,7-8,11H2/b15-10-. The zero-order chi connectivity index (χ0) is 19.4. The van der Waals surface area contributed by atoms with E-state index in [0.717, 1.165) is 43.9 Å². The number of rotatable bonds is 5. The van der Waals surface area contributed by atoms with Crippen molar-refractivity contribution in [1.82, 2.24) is 4.90 Å². The molecule has 142 valence electrons. The largest absolute Gasteiger partial charge is 0.461 e. The number of nitrogens with zero attached hydrogens (tertiary/aromatic N) is 2. The fourth-order valence-corrected chi connectivity index (χ4v) is 4.31. The number of benzene rings is 1. The normalized spacial score (nSPS) is 19.6. The summed E-state index contributed by atoms with van der Waals surface area (Å²) >= 11 is 6.28. The van der Waals surface area contributed by atoms with Crippen LogP contribution in [0.5, 0.6) is 0 Å². The molecule has 2 fully saturated rings. The Morgan fingerprint density at radius 2 is 2.11 bits per heavy atom. The lowest BCUT2D eigenvalue weighted by Gasteiger charge is -2.23. The first-order valence-corrected chi connectivity index (χ1v) is 9.86. The maximum absolute atomic E-state index is 12.6. The lowest BCUT2D eigenvalue weighted by atomic mass is 9.98. The molecule has 0 N–H and O–H groups in total. The Balaban J connectivity index is 1.66. The molecule has 1 amide bonds. The van der Waals surface area contributed by atoms with Gasteiger partial charge in [-0.25, -0.2) is 0 Å². The van der Waals surface area contributed by atoms with Gasteiger partial charge in [-0.15, -0.1) is 0 Å². The van der Waals surface area contributed by atoms with Gasteiger partial charge in [-0.05, 0) is 37.3 Å². The van der Waals surface area contributed by atoms with E-state index in [1.807, 2.05) is 0 Å². The molecule has 1 aromatic rings. The molecule has 0 unspecified atom stereocenters. The van der Waals surface area contributed by atoms with E-state index in [0.29, 0.717) is 10.5 Å². The Morgan fingerprint density at radius 3 is 2.81 bits per heavy atom. The van der Waals surface area contributed by atoms with Crippen LogP contribution in [0.3, 0.4) is 0 Å². The van der Waals surface area contributed by atoms with Crippen LogP contribution in [0.2, 0.25) is 0 Å². The van der Waals surface area contributed by atoms with Crippen molar-refractivity contribution < 1.29 is 19.2 Å². The zero-order valence-electron chi connectivity index (χ0n) is 14.5. The molecule has 3 rings (SSSR count). The number of carbonyl (C=O) groups excluding carboxylic acids is 2. The Bertz CT molecular complexity index is 818. The number of nitro benzene ring substituents is 1. The first-order chi connectivity index (χ1) is 12.9. The van der Waals surface area contributed by atoms with Crippen LogP contribution in [-0.4, -0.2) is 38.7 Å². The highest BCUT2D eigenvalue weighted by molar-refractivity contribution is 8.26. The molecule has 1 saturated carbocycles. The van der Waals surface area contributed by atoms with Gasteiger partial charge in [-0.2, -0.15) is 0 Å². The van der Waals surface area contributed by atoms with Crippen molar-refractivity contribution in [3.63, 3.8) is 0 Å². The predicted molar refractivity (Wildman–Crippen MR) is 106 cm³/mol. The van der Waals surface area contributed by atoms with Crippen molar-refractivity contribution >= 4 is 51.9 Å². The van der Waals surface area contributed by atoms with Crippen molar-refractivity contribution in [3.8, 4) is 0 Å². The third-order valence-corrected chi connectivity index (χ3v) is 5.77. The minimum Gasteiger partial charge on any atom is -0.461 e.